The molecule has 1 aromatic heterocycles. The molecule has 200 valence electrons. The van der Waals surface area contributed by atoms with Crippen molar-refractivity contribution in [3.8, 4) is 0 Å². The molecular weight excluding hydrogens is 474 g/mol. The van der Waals surface area contributed by atoms with Gasteiger partial charge in [-0.3, -0.25) is 29.3 Å². The van der Waals surface area contributed by atoms with Gasteiger partial charge in [0.15, 0.2) is 11.5 Å². The maximum Gasteiger partial charge on any atom is 0.274 e. The van der Waals surface area contributed by atoms with E-state index in [4.69, 9.17) is 14.0 Å². The lowest BCUT2D eigenvalue weighted by atomic mass is 9.91. The van der Waals surface area contributed by atoms with E-state index in [1.165, 1.54) is 20.3 Å². The number of hydrogen-bond donors (Lipinski definition) is 4. The Labute approximate surface area is 209 Å². The van der Waals surface area contributed by atoms with Crippen molar-refractivity contribution in [1.82, 2.24) is 21.1 Å². The van der Waals surface area contributed by atoms with Crippen LogP contribution in [-0.2, 0) is 28.7 Å². The summed E-state index contributed by atoms with van der Waals surface area (Å²) in [7, 11) is 2.72. The Balaban J connectivity index is 2.08. The highest BCUT2D eigenvalue weighted by Gasteiger charge is 2.48. The second kappa shape index (κ2) is 13.1. The summed E-state index contributed by atoms with van der Waals surface area (Å²) < 4.78 is 14.9. The summed E-state index contributed by atoms with van der Waals surface area (Å²) in [6.45, 7) is 5.44. The maximum atomic E-state index is 13.1. The molecule has 13 nitrogen and oxygen atoms in total. The van der Waals surface area contributed by atoms with Gasteiger partial charge in [-0.25, -0.2) is 0 Å². The fraction of sp³-hybridized carbons (Fsp3) is 0.652. The smallest absolute Gasteiger partial charge is 0.274 e. The molecule has 0 aromatic carbocycles. The van der Waals surface area contributed by atoms with E-state index in [1.54, 1.807) is 0 Å². The zero-order valence-corrected chi connectivity index (χ0v) is 21.2. The molecule has 0 bridgehead atoms. The van der Waals surface area contributed by atoms with Crippen molar-refractivity contribution in [3.63, 3.8) is 0 Å². The number of aromatic nitrogens is 1. The van der Waals surface area contributed by atoms with Gasteiger partial charge < -0.3 is 29.9 Å². The van der Waals surface area contributed by atoms with Gasteiger partial charge >= 0.3 is 0 Å². The Hall–Kier alpha value is -3.32. The van der Waals surface area contributed by atoms with Crippen molar-refractivity contribution < 1.29 is 38.0 Å². The SMILES string of the molecule is COC[C@H](NC(=O)c1cc(NC=O)on1)C(=O)N[C@@H](COC)C(=O)N[C@@H](CC(C)C)C(=O)C1(C)CC1. The van der Waals surface area contributed by atoms with Crippen molar-refractivity contribution >= 4 is 35.8 Å². The number of ketones is 1. The number of rotatable bonds is 16. The Kier molecular flexibility index (Phi) is 10.5. The summed E-state index contributed by atoms with van der Waals surface area (Å²) in [5.74, 6) is -1.95. The minimum Gasteiger partial charge on any atom is -0.382 e. The first-order valence-corrected chi connectivity index (χ1v) is 11.6. The van der Waals surface area contributed by atoms with Crippen LogP contribution in [0.3, 0.4) is 0 Å². The van der Waals surface area contributed by atoms with E-state index in [0.29, 0.717) is 12.8 Å². The topological polar surface area (TPSA) is 178 Å². The number of hydrogen-bond acceptors (Lipinski definition) is 9. The number of carbonyl (C=O) groups is 5. The van der Waals surface area contributed by atoms with Gasteiger partial charge in [-0.2, -0.15) is 0 Å². The van der Waals surface area contributed by atoms with E-state index in [-0.39, 0.29) is 36.5 Å². The molecule has 0 radical (unpaired) electrons. The molecule has 4 amide bonds. The number of anilines is 1. The van der Waals surface area contributed by atoms with Crippen LogP contribution in [0, 0.1) is 11.3 Å². The van der Waals surface area contributed by atoms with Crippen LogP contribution >= 0.6 is 0 Å². The molecule has 36 heavy (non-hydrogen) atoms. The average Bonchev–Trinajstić information content (AvgIpc) is 3.39. The minimum atomic E-state index is -1.19. The fourth-order valence-electron chi connectivity index (χ4n) is 3.54. The molecule has 0 aliphatic heterocycles. The Morgan fingerprint density at radius 3 is 2.08 bits per heavy atom. The minimum absolute atomic E-state index is 0.0207. The summed E-state index contributed by atoms with van der Waals surface area (Å²) in [4.78, 5) is 62.0. The van der Waals surface area contributed by atoms with E-state index in [0.717, 1.165) is 12.8 Å². The Bertz CT molecular complexity index is 943. The van der Waals surface area contributed by atoms with Crippen LogP contribution in [0.5, 0.6) is 0 Å². The highest BCUT2D eigenvalue weighted by molar-refractivity contribution is 5.99. The lowest BCUT2D eigenvalue weighted by molar-refractivity contribution is -0.134. The van der Waals surface area contributed by atoms with E-state index in [9.17, 15) is 24.0 Å². The number of nitrogens with one attached hydrogen (secondary N) is 4. The van der Waals surface area contributed by atoms with Gasteiger partial charge in [-0.15, -0.1) is 0 Å². The molecule has 1 aliphatic carbocycles. The van der Waals surface area contributed by atoms with E-state index >= 15 is 0 Å². The summed E-state index contributed by atoms with van der Waals surface area (Å²) in [6.07, 6.45) is 2.39. The van der Waals surface area contributed by atoms with Crippen LogP contribution in [0.2, 0.25) is 0 Å². The zero-order valence-electron chi connectivity index (χ0n) is 21.2. The quantitative estimate of drug-likeness (QED) is 0.224. The molecule has 0 unspecified atom stereocenters. The number of amides is 4. The maximum absolute atomic E-state index is 13.1. The molecule has 0 spiro atoms. The molecule has 1 aromatic rings. The number of ether oxygens (including phenoxy) is 2. The van der Waals surface area contributed by atoms with Crippen LogP contribution in [0.15, 0.2) is 10.6 Å². The summed E-state index contributed by atoms with van der Waals surface area (Å²) in [6, 6.07) is -1.81. The predicted molar refractivity (Wildman–Crippen MR) is 127 cm³/mol. The summed E-state index contributed by atoms with van der Waals surface area (Å²) >= 11 is 0. The third kappa shape index (κ3) is 8.12. The zero-order chi connectivity index (χ0) is 26.9. The van der Waals surface area contributed by atoms with Gasteiger partial charge in [0.05, 0.1) is 19.3 Å². The van der Waals surface area contributed by atoms with Gasteiger partial charge in [-0.1, -0.05) is 25.9 Å². The first-order chi connectivity index (χ1) is 17.0. The van der Waals surface area contributed by atoms with E-state index < -0.39 is 41.3 Å². The van der Waals surface area contributed by atoms with E-state index in [2.05, 4.69) is 26.4 Å². The van der Waals surface area contributed by atoms with Crippen LogP contribution in [0.25, 0.3) is 0 Å². The predicted octanol–water partition coefficient (Wildman–Crippen LogP) is 0.0190. The van der Waals surface area contributed by atoms with Gasteiger partial charge in [0.1, 0.15) is 12.1 Å². The van der Waals surface area contributed by atoms with Crippen LogP contribution in [-0.4, -0.2) is 80.6 Å². The number of methoxy groups -OCH3 is 2. The van der Waals surface area contributed by atoms with Crippen molar-refractivity contribution in [1.29, 1.82) is 0 Å². The van der Waals surface area contributed by atoms with Gasteiger partial charge in [0, 0.05) is 25.7 Å². The molecular formula is C23H35N5O8. The molecule has 4 N–H and O–H groups in total. The van der Waals surface area contributed by atoms with E-state index in [1.807, 2.05) is 20.8 Å². The van der Waals surface area contributed by atoms with Gasteiger partial charge in [0.25, 0.3) is 5.91 Å². The molecule has 0 saturated heterocycles. The number of Topliss-reactive ketones (excluding diaryl/α,β-unsaturated/α-hetero) is 1. The molecule has 1 fully saturated rings. The average molecular weight is 510 g/mol. The monoisotopic (exact) mass is 509 g/mol. The van der Waals surface area contributed by atoms with Crippen molar-refractivity contribution in [2.45, 2.75) is 58.2 Å². The molecule has 2 rings (SSSR count). The lowest BCUT2D eigenvalue weighted by Crippen LogP contribution is -2.58. The first-order valence-electron chi connectivity index (χ1n) is 11.6. The Morgan fingerprint density at radius 2 is 1.58 bits per heavy atom. The molecule has 1 aliphatic rings. The summed E-state index contributed by atoms with van der Waals surface area (Å²) in [5, 5.41) is 13.5. The standard InChI is InChI=1S/C23H35N5O8/c1-13(2)8-14(19(30)23(3)6-7-23)25-21(32)16(10-34-4)27-22(33)17(11-35-5)26-20(31)15-9-18(24-12-29)36-28-15/h9,12-14,16-17H,6-8,10-11H2,1-5H3,(H,24,29)(H,25,32)(H,26,31)(H,27,33)/t14-,16-,17-/m0/s1. The largest absolute Gasteiger partial charge is 0.382 e. The number of nitrogens with zero attached hydrogens (tertiary/aromatic N) is 1. The van der Waals surface area contributed by atoms with Crippen molar-refractivity contribution in [2.24, 2.45) is 11.3 Å². The van der Waals surface area contributed by atoms with Gasteiger partial charge in [0.2, 0.25) is 24.1 Å². The highest BCUT2D eigenvalue weighted by atomic mass is 16.5. The number of carbonyl (C=O) groups excluding carboxylic acids is 5. The molecule has 3 atom stereocenters. The fourth-order valence-corrected chi connectivity index (χ4v) is 3.54. The third-order valence-electron chi connectivity index (χ3n) is 5.80. The first kappa shape index (κ1) is 28.9. The third-order valence-corrected chi connectivity index (χ3v) is 5.80. The summed E-state index contributed by atoms with van der Waals surface area (Å²) in [5.41, 5.74) is -0.605. The highest BCUT2D eigenvalue weighted by Crippen LogP contribution is 2.47. The van der Waals surface area contributed by atoms with Crippen LogP contribution in [0.4, 0.5) is 5.88 Å². The lowest BCUT2D eigenvalue weighted by Gasteiger charge is -2.26. The normalized spacial score (nSPS) is 16.4. The van der Waals surface area contributed by atoms with Gasteiger partial charge in [-0.05, 0) is 25.2 Å². The second-order valence-electron chi connectivity index (χ2n) is 9.45. The van der Waals surface area contributed by atoms with Crippen molar-refractivity contribution in [2.75, 3.05) is 32.8 Å². The molecule has 1 heterocycles. The van der Waals surface area contributed by atoms with Crippen LogP contribution < -0.4 is 21.3 Å². The van der Waals surface area contributed by atoms with Crippen LogP contribution in [0.1, 0.15) is 50.5 Å². The second-order valence-corrected chi connectivity index (χ2v) is 9.45. The van der Waals surface area contributed by atoms with Crippen molar-refractivity contribution in [3.05, 3.63) is 11.8 Å². The molecule has 13 heteroatoms. The Morgan fingerprint density at radius 1 is 1.03 bits per heavy atom. The molecule has 1 saturated carbocycles.